The van der Waals surface area contributed by atoms with Gasteiger partial charge in [0, 0.05) is 5.25 Å². The van der Waals surface area contributed by atoms with Crippen molar-refractivity contribution in [2.45, 2.75) is 160 Å². The fourth-order valence-electron chi connectivity index (χ4n) is 4.13. The third-order valence-electron chi connectivity index (χ3n) is 6.49. The van der Waals surface area contributed by atoms with Gasteiger partial charge in [-0.3, -0.25) is 4.74 Å². The predicted molar refractivity (Wildman–Crippen MR) is 153 cm³/mol. The van der Waals surface area contributed by atoms with E-state index in [-0.39, 0.29) is 11.9 Å². The van der Waals surface area contributed by atoms with Crippen molar-refractivity contribution in [3.63, 3.8) is 0 Å². The number of aliphatic hydroxyl groups is 1. The van der Waals surface area contributed by atoms with Crippen LogP contribution in [0.25, 0.3) is 0 Å². The highest BCUT2D eigenvalue weighted by atomic mass is 32.2. The Bertz CT molecular complexity index is 550. The molecule has 0 aliphatic rings. The predicted octanol–water partition coefficient (Wildman–Crippen LogP) is 9.06. The van der Waals surface area contributed by atoms with E-state index in [1.165, 1.54) is 83.5 Å². The lowest BCUT2D eigenvalue weighted by Gasteiger charge is -2.21. The molecule has 0 rings (SSSR count). The monoisotopic (exact) mass is 551 g/mol. The molecule has 0 aromatic carbocycles. The van der Waals surface area contributed by atoms with E-state index in [4.69, 9.17) is 9.26 Å². The van der Waals surface area contributed by atoms with Gasteiger partial charge in [-0.05, 0) is 36.5 Å². The van der Waals surface area contributed by atoms with Gasteiger partial charge in [-0.2, -0.15) is 11.8 Å². The minimum Gasteiger partial charge on any atom is -0.474 e. The normalized spacial score (nSPS) is 15.4. The Morgan fingerprint density at radius 1 is 0.806 bits per heavy atom. The van der Waals surface area contributed by atoms with Crippen molar-refractivity contribution in [3.05, 3.63) is 0 Å². The van der Waals surface area contributed by atoms with E-state index in [1.807, 2.05) is 18.7 Å². The number of hydrogen-bond acceptors (Lipinski definition) is 6. The molecule has 0 fully saturated rings. The first-order valence-electron chi connectivity index (χ1n) is 14.7. The molecule has 0 heterocycles. The summed E-state index contributed by atoms with van der Waals surface area (Å²) in [4.78, 5) is 11.6. The molecule has 214 valence electrons. The highest BCUT2D eigenvalue weighted by molar-refractivity contribution is 7.99. The summed E-state index contributed by atoms with van der Waals surface area (Å²) in [6.07, 6.45) is 21.2. The topological polar surface area (TPSA) is 93.1 Å². The molecule has 0 spiro atoms. The van der Waals surface area contributed by atoms with Gasteiger partial charge < -0.3 is 10.2 Å². The van der Waals surface area contributed by atoms with E-state index in [1.54, 1.807) is 6.92 Å². The highest BCUT2D eigenvalue weighted by Crippen LogP contribution is 2.42. The number of aliphatic carboxylic acids is 1. The van der Waals surface area contributed by atoms with E-state index in [0.717, 1.165) is 31.4 Å². The van der Waals surface area contributed by atoms with E-state index in [0.29, 0.717) is 6.42 Å². The van der Waals surface area contributed by atoms with Crippen molar-refractivity contribution < 1.29 is 28.8 Å². The summed E-state index contributed by atoms with van der Waals surface area (Å²) in [6, 6.07) is 0. The van der Waals surface area contributed by atoms with Gasteiger partial charge in [0.1, 0.15) is 6.10 Å². The number of hydrogen-bond donors (Lipinski definition) is 2. The summed E-state index contributed by atoms with van der Waals surface area (Å²) in [6.45, 7) is 8.09. The number of thioether (sulfide) groups is 1. The van der Waals surface area contributed by atoms with Gasteiger partial charge in [0.15, 0.2) is 0 Å². The van der Waals surface area contributed by atoms with E-state index in [2.05, 4.69) is 13.8 Å². The third-order valence-corrected chi connectivity index (χ3v) is 9.40. The van der Waals surface area contributed by atoms with Crippen LogP contribution < -0.4 is 0 Å². The zero-order valence-corrected chi connectivity index (χ0v) is 25.4. The first-order chi connectivity index (χ1) is 17.3. The number of rotatable bonds is 27. The third kappa shape index (κ3) is 17.3. The maximum absolute atomic E-state index is 12.7. The molecule has 4 unspecified atom stereocenters. The number of unbranched alkanes of at least 4 members (excludes halogenated alkanes) is 14. The first kappa shape index (κ1) is 35.8. The Labute approximate surface area is 226 Å². The van der Waals surface area contributed by atoms with Crippen LogP contribution in [-0.4, -0.2) is 45.4 Å². The minimum atomic E-state index is -2.94. The lowest BCUT2D eigenvalue weighted by atomic mass is 10.1. The van der Waals surface area contributed by atoms with Crippen LogP contribution in [0.5, 0.6) is 0 Å². The van der Waals surface area contributed by atoms with Crippen molar-refractivity contribution >= 4 is 25.8 Å². The van der Waals surface area contributed by atoms with Crippen molar-refractivity contribution in [1.82, 2.24) is 0 Å². The summed E-state index contributed by atoms with van der Waals surface area (Å²) >= 11 is 1.83. The van der Waals surface area contributed by atoms with Crippen LogP contribution in [0.15, 0.2) is 0 Å². The molecule has 8 heteroatoms. The SMILES string of the molecule is CCCCCCCCCCCCSC(CCCCCCCC)C(C)O[P+](=O)C(O)(OCCC)C(=O)O. The Balaban J connectivity index is 4.60. The molecular formula is C28H56O6PS+. The maximum atomic E-state index is 12.7. The number of carbonyl (C=O) groups is 1. The average molecular weight is 552 g/mol. The van der Waals surface area contributed by atoms with Crippen LogP contribution in [-0.2, 0) is 18.6 Å². The quantitative estimate of drug-likeness (QED) is 0.0597. The lowest BCUT2D eigenvalue weighted by Crippen LogP contribution is -2.39. The summed E-state index contributed by atoms with van der Waals surface area (Å²) < 4.78 is 23.3. The highest BCUT2D eigenvalue weighted by Gasteiger charge is 2.61. The molecule has 0 aromatic heterocycles. The van der Waals surface area contributed by atoms with Gasteiger partial charge >= 0.3 is 19.5 Å². The van der Waals surface area contributed by atoms with Crippen LogP contribution in [0.4, 0.5) is 0 Å². The summed E-state index contributed by atoms with van der Waals surface area (Å²) in [7, 11) is -2.94. The van der Waals surface area contributed by atoms with Crippen LogP contribution in [0.1, 0.15) is 143 Å². The van der Waals surface area contributed by atoms with Crippen LogP contribution >= 0.6 is 19.8 Å². The first-order valence-corrected chi connectivity index (χ1v) is 16.9. The standard InChI is InChI=1S/C28H55O6PS/c1-5-8-10-12-14-15-16-17-19-21-24-36-26(22-20-18-13-11-9-6-2)25(4)34-35(32)28(31,27(29)30)33-23-7-3/h25-26,31H,5-24H2,1-4H3/p+1. The molecule has 0 aliphatic heterocycles. The number of carboxylic acid groups (broad SMARTS) is 1. The molecule has 0 amide bonds. The molecule has 0 aliphatic carbocycles. The molecule has 0 radical (unpaired) electrons. The van der Waals surface area contributed by atoms with Gasteiger partial charge in [0.05, 0.1) is 6.61 Å². The largest absolute Gasteiger partial charge is 0.589 e. The molecule has 0 saturated carbocycles. The van der Waals surface area contributed by atoms with E-state index < -0.39 is 25.6 Å². The van der Waals surface area contributed by atoms with Crippen molar-refractivity contribution in [1.29, 1.82) is 0 Å². The van der Waals surface area contributed by atoms with Gasteiger partial charge in [-0.25, -0.2) is 4.79 Å². The van der Waals surface area contributed by atoms with E-state index in [9.17, 15) is 19.6 Å². The molecule has 4 atom stereocenters. The Morgan fingerprint density at radius 2 is 1.28 bits per heavy atom. The molecule has 36 heavy (non-hydrogen) atoms. The fourth-order valence-corrected chi connectivity index (χ4v) is 6.49. The lowest BCUT2D eigenvalue weighted by molar-refractivity contribution is -0.192. The molecule has 0 aromatic rings. The maximum Gasteiger partial charge on any atom is 0.589 e. The van der Waals surface area contributed by atoms with Crippen LogP contribution in [0, 0.1) is 0 Å². The van der Waals surface area contributed by atoms with Gasteiger partial charge in [0.25, 0.3) is 0 Å². The zero-order chi connectivity index (χ0) is 27.1. The van der Waals surface area contributed by atoms with Gasteiger partial charge in [-0.15, -0.1) is 4.52 Å². The second kappa shape index (κ2) is 23.9. The molecule has 0 saturated heterocycles. The molecular weight excluding hydrogens is 495 g/mol. The second-order valence-electron chi connectivity index (χ2n) is 9.98. The summed E-state index contributed by atoms with van der Waals surface area (Å²) in [5, 5.41) is 19.9. The van der Waals surface area contributed by atoms with E-state index >= 15 is 0 Å². The number of carboxylic acids is 1. The molecule has 2 N–H and O–H groups in total. The fraction of sp³-hybridized carbons (Fsp3) is 0.964. The second-order valence-corrected chi connectivity index (χ2v) is 12.7. The summed E-state index contributed by atoms with van der Waals surface area (Å²) in [5.41, 5.74) is -2.80. The Kier molecular flexibility index (Phi) is 23.8. The van der Waals surface area contributed by atoms with Crippen molar-refractivity contribution in [2.75, 3.05) is 12.4 Å². The Hall–Kier alpha value is -0.200. The van der Waals surface area contributed by atoms with Crippen LogP contribution in [0.2, 0.25) is 0 Å². The van der Waals surface area contributed by atoms with Gasteiger partial charge in [0.2, 0.25) is 0 Å². The average Bonchev–Trinajstić information content (AvgIpc) is 2.86. The summed E-state index contributed by atoms with van der Waals surface area (Å²) in [5.74, 6) is -0.661. The van der Waals surface area contributed by atoms with Gasteiger partial charge in [-0.1, -0.05) is 117 Å². The number of ether oxygens (including phenoxy) is 1. The molecule has 6 nitrogen and oxygen atoms in total. The van der Waals surface area contributed by atoms with Crippen molar-refractivity contribution in [3.8, 4) is 0 Å². The van der Waals surface area contributed by atoms with Crippen molar-refractivity contribution in [2.24, 2.45) is 0 Å². The molecule has 0 bridgehead atoms. The smallest absolute Gasteiger partial charge is 0.474 e. The zero-order valence-electron chi connectivity index (χ0n) is 23.7. The minimum absolute atomic E-state index is 0.00368. The Morgan fingerprint density at radius 3 is 1.75 bits per heavy atom. The van der Waals surface area contributed by atoms with Crippen LogP contribution in [0.3, 0.4) is 0 Å².